The molecule has 0 N–H and O–H groups in total. The number of carbonyl (C=O) groups is 1. The minimum atomic E-state index is -0.175. The molecule has 0 aromatic heterocycles. The highest BCUT2D eigenvalue weighted by atomic mass is 79.9. The molecule has 64 valence electrons. The second kappa shape index (κ2) is 3.62. The van der Waals surface area contributed by atoms with Crippen molar-refractivity contribution in [2.24, 2.45) is 0 Å². The molecule has 0 spiro atoms. The summed E-state index contributed by atoms with van der Waals surface area (Å²) < 4.78 is 0.950. The van der Waals surface area contributed by atoms with Gasteiger partial charge in [-0.05, 0) is 31.0 Å². The fraction of sp³-hybridized carbons (Fsp3) is 0.222. The fourth-order valence-electron chi connectivity index (χ4n) is 1.15. The molecule has 0 heterocycles. The van der Waals surface area contributed by atoms with Gasteiger partial charge in [-0.25, -0.2) is 0 Å². The van der Waals surface area contributed by atoms with Crippen LogP contribution in [0.15, 0.2) is 16.6 Å². The second-order valence-corrected chi connectivity index (χ2v) is 3.93. The Labute approximate surface area is 85.7 Å². The summed E-state index contributed by atoms with van der Waals surface area (Å²) >= 11 is 7.18. The van der Waals surface area contributed by atoms with Gasteiger partial charge in [-0.3, -0.25) is 4.79 Å². The van der Waals surface area contributed by atoms with Crippen molar-refractivity contribution in [3.63, 3.8) is 0 Å². The molecule has 1 aromatic carbocycles. The lowest BCUT2D eigenvalue weighted by Gasteiger charge is -2.06. The number of hydrogen-bond donors (Lipinski definition) is 1. The van der Waals surface area contributed by atoms with E-state index in [4.69, 9.17) is 0 Å². The summed E-state index contributed by atoms with van der Waals surface area (Å²) in [7, 11) is 0. The van der Waals surface area contributed by atoms with Crippen LogP contribution in [0, 0.1) is 13.8 Å². The van der Waals surface area contributed by atoms with Crippen molar-refractivity contribution in [1.82, 2.24) is 0 Å². The van der Waals surface area contributed by atoms with Gasteiger partial charge >= 0.3 is 0 Å². The molecule has 0 aliphatic rings. The van der Waals surface area contributed by atoms with Crippen LogP contribution in [0.3, 0.4) is 0 Å². The van der Waals surface area contributed by atoms with Crippen LogP contribution in [-0.4, -0.2) is 5.12 Å². The van der Waals surface area contributed by atoms with Crippen molar-refractivity contribution in [3.8, 4) is 0 Å². The number of rotatable bonds is 1. The molecule has 0 fully saturated rings. The van der Waals surface area contributed by atoms with Crippen molar-refractivity contribution in [2.45, 2.75) is 13.8 Å². The molecule has 3 heteroatoms. The van der Waals surface area contributed by atoms with Crippen LogP contribution in [-0.2, 0) is 0 Å². The molecule has 0 bridgehead atoms. The van der Waals surface area contributed by atoms with Crippen LogP contribution in [0.25, 0.3) is 0 Å². The molecule has 1 rings (SSSR count). The van der Waals surface area contributed by atoms with Crippen molar-refractivity contribution < 1.29 is 4.79 Å². The summed E-state index contributed by atoms with van der Waals surface area (Å²) in [4.78, 5) is 11.1. The summed E-state index contributed by atoms with van der Waals surface area (Å²) in [5, 5.41) is -0.175. The van der Waals surface area contributed by atoms with Gasteiger partial charge in [0.25, 0.3) is 0 Å². The molecule has 0 aliphatic heterocycles. The highest BCUT2D eigenvalue weighted by Crippen LogP contribution is 2.23. The normalized spacial score (nSPS) is 10.0. The van der Waals surface area contributed by atoms with E-state index in [1.165, 1.54) is 0 Å². The fourth-order valence-corrected chi connectivity index (χ4v) is 1.83. The van der Waals surface area contributed by atoms with Crippen LogP contribution in [0.1, 0.15) is 21.5 Å². The number of benzene rings is 1. The Balaban J connectivity index is 3.43. The molecule has 1 aromatic rings. The van der Waals surface area contributed by atoms with E-state index in [0.717, 1.165) is 15.6 Å². The van der Waals surface area contributed by atoms with Crippen LogP contribution in [0.4, 0.5) is 0 Å². The summed E-state index contributed by atoms with van der Waals surface area (Å²) in [6.07, 6.45) is 0. The van der Waals surface area contributed by atoms with Crippen LogP contribution < -0.4 is 0 Å². The Kier molecular flexibility index (Phi) is 2.96. The van der Waals surface area contributed by atoms with E-state index in [1.807, 2.05) is 26.0 Å². The largest absolute Gasteiger partial charge is 0.282 e. The van der Waals surface area contributed by atoms with E-state index in [9.17, 15) is 4.79 Å². The van der Waals surface area contributed by atoms with Gasteiger partial charge < -0.3 is 0 Å². The minimum absolute atomic E-state index is 0.175. The first-order valence-corrected chi connectivity index (χ1v) is 4.77. The number of thiol groups is 1. The summed E-state index contributed by atoms with van der Waals surface area (Å²) in [5.41, 5.74) is 2.62. The average molecular weight is 245 g/mol. The van der Waals surface area contributed by atoms with Crippen molar-refractivity contribution in [2.75, 3.05) is 0 Å². The SMILES string of the molecule is Cc1ccc(Br)c(C)c1C(=O)S. The van der Waals surface area contributed by atoms with E-state index in [-0.39, 0.29) is 5.12 Å². The van der Waals surface area contributed by atoms with Gasteiger partial charge in [-0.1, -0.05) is 22.0 Å². The molecule has 0 radical (unpaired) electrons. The zero-order chi connectivity index (χ0) is 9.30. The molecule has 0 amide bonds. The first-order valence-electron chi connectivity index (χ1n) is 3.53. The van der Waals surface area contributed by atoms with Crippen LogP contribution in [0.2, 0.25) is 0 Å². The highest BCUT2D eigenvalue weighted by molar-refractivity contribution is 9.10. The highest BCUT2D eigenvalue weighted by Gasteiger charge is 2.09. The van der Waals surface area contributed by atoms with Gasteiger partial charge in [0, 0.05) is 10.0 Å². The summed E-state index contributed by atoms with van der Waals surface area (Å²) in [5.74, 6) is 0. The lowest BCUT2D eigenvalue weighted by Crippen LogP contribution is -1.97. The van der Waals surface area contributed by atoms with E-state index in [2.05, 4.69) is 28.6 Å². The van der Waals surface area contributed by atoms with Crippen molar-refractivity contribution in [1.29, 1.82) is 0 Å². The molecule has 1 nitrogen and oxygen atoms in total. The number of hydrogen-bond acceptors (Lipinski definition) is 1. The molecule has 0 aliphatic carbocycles. The lowest BCUT2D eigenvalue weighted by atomic mass is 10.0. The Hall–Kier alpha value is -0.280. The monoisotopic (exact) mass is 244 g/mol. The molecule has 0 atom stereocenters. The smallest absolute Gasteiger partial charge is 0.216 e. The van der Waals surface area contributed by atoms with Gasteiger partial charge in [-0.2, -0.15) is 0 Å². The first kappa shape index (κ1) is 9.81. The predicted octanol–water partition coefficient (Wildman–Crippen LogP) is 3.14. The predicted molar refractivity (Wildman–Crippen MR) is 56.9 cm³/mol. The maximum absolute atomic E-state index is 11.1. The third-order valence-corrected chi connectivity index (χ3v) is 2.90. The lowest BCUT2D eigenvalue weighted by molar-refractivity contribution is 0.109. The Bertz CT molecular complexity index is 334. The zero-order valence-corrected chi connectivity index (χ0v) is 9.37. The van der Waals surface area contributed by atoms with Crippen molar-refractivity contribution in [3.05, 3.63) is 33.3 Å². The van der Waals surface area contributed by atoms with Crippen molar-refractivity contribution >= 4 is 33.7 Å². The third-order valence-electron chi connectivity index (χ3n) is 1.82. The molecule has 12 heavy (non-hydrogen) atoms. The number of aryl methyl sites for hydroxylation is 1. The van der Waals surface area contributed by atoms with Gasteiger partial charge in [0.05, 0.1) is 0 Å². The maximum Gasteiger partial charge on any atom is 0.216 e. The standard InChI is InChI=1S/C9H9BrOS/c1-5-3-4-7(10)6(2)8(5)9(11)12/h3-4H,1-2H3,(H,11,12). The minimum Gasteiger partial charge on any atom is -0.282 e. The average Bonchev–Trinajstić information content (AvgIpc) is 1.97. The maximum atomic E-state index is 11.1. The molecule has 0 saturated heterocycles. The van der Waals surface area contributed by atoms with E-state index in [1.54, 1.807) is 0 Å². The summed E-state index contributed by atoms with van der Waals surface area (Å²) in [6.45, 7) is 3.81. The van der Waals surface area contributed by atoms with Gasteiger partial charge in [-0.15, -0.1) is 12.6 Å². The number of halogens is 1. The Morgan fingerprint density at radius 3 is 2.42 bits per heavy atom. The van der Waals surface area contributed by atoms with E-state index < -0.39 is 0 Å². The molecular formula is C9H9BrOS. The molecule has 0 unspecified atom stereocenters. The zero-order valence-electron chi connectivity index (χ0n) is 6.89. The van der Waals surface area contributed by atoms with Gasteiger partial charge in [0.1, 0.15) is 0 Å². The second-order valence-electron chi connectivity index (χ2n) is 2.67. The van der Waals surface area contributed by atoms with E-state index in [0.29, 0.717) is 5.56 Å². The molecular weight excluding hydrogens is 236 g/mol. The Morgan fingerprint density at radius 1 is 1.42 bits per heavy atom. The van der Waals surface area contributed by atoms with Gasteiger partial charge in [0.15, 0.2) is 0 Å². The topological polar surface area (TPSA) is 17.1 Å². The molecule has 0 saturated carbocycles. The van der Waals surface area contributed by atoms with Crippen LogP contribution in [0.5, 0.6) is 0 Å². The summed E-state index contributed by atoms with van der Waals surface area (Å²) in [6, 6.07) is 3.84. The quantitative estimate of drug-likeness (QED) is 0.752. The third kappa shape index (κ3) is 1.72. The first-order chi connectivity index (χ1) is 5.54. The van der Waals surface area contributed by atoms with Crippen LogP contribution >= 0.6 is 28.6 Å². The Morgan fingerprint density at radius 2 is 2.00 bits per heavy atom. The van der Waals surface area contributed by atoms with E-state index >= 15 is 0 Å². The number of carbonyl (C=O) groups excluding carboxylic acids is 1. The van der Waals surface area contributed by atoms with Gasteiger partial charge in [0.2, 0.25) is 5.12 Å².